The summed E-state index contributed by atoms with van der Waals surface area (Å²) >= 11 is 0. The standard InChI is InChI=1S/C17H16N2O7/c1-25-13-6-7-14(17(10-13)26-2)16(20)8-4-11-3-5-12(18(21)22)9-15(11)19(23)24/h3-10,21-22H,1-2H3/b8-4+. The number of carbonyl (C=O) groups is 1. The first-order chi connectivity index (χ1) is 12.4. The van der Waals surface area contributed by atoms with Gasteiger partial charge in [0.05, 0.1) is 30.3 Å². The van der Waals surface area contributed by atoms with Crippen LogP contribution in [0.5, 0.6) is 11.5 Å². The van der Waals surface area contributed by atoms with E-state index in [1.807, 2.05) is 0 Å². The summed E-state index contributed by atoms with van der Waals surface area (Å²) in [6.07, 6.45) is 2.44. The molecule has 0 aliphatic carbocycles. The van der Waals surface area contributed by atoms with Crippen LogP contribution in [0.4, 0.5) is 11.4 Å². The smallest absolute Gasteiger partial charge is 0.278 e. The molecular formula is C17H16N2O7. The summed E-state index contributed by atoms with van der Waals surface area (Å²) in [4.78, 5) is 22.9. The lowest BCUT2D eigenvalue weighted by Crippen LogP contribution is -2.11. The molecule has 0 unspecified atom stereocenters. The van der Waals surface area contributed by atoms with Crippen LogP contribution in [0, 0.1) is 10.1 Å². The van der Waals surface area contributed by atoms with Crippen LogP contribution in [-0.4, -0.2) is 35.3 Å². The fourth-order valence-corrected chi connectivity index (χ4v) is 2.21. The van der Waals surface area contributed by atoms with E-state index in [9.17, 15) is 14.9 Å². The summed E-state index contributed by atoms with van der Waals surface area (Å²) in [6, 6.07) is 8.19. The summed E-state index contributed by atoms with van der Waals surface area (Å²) in [6.45, 7) is 0. The number of ketones is 1. The lowest BCUT2D eigenvalue weighted by Gasteiger charge is -2.09. The lowest BCUT2D eigenvalue weighted by atomic mass is 10.1. The lowest BCUT2D eigenvalue weighted by molar-refractivity contribution is -0.385. The predicted octanol–water partition coefficient (Wildman–Crippen LogP) is 3.09. The molecule has 0 radical (unpaired) electrons. The second kappa shape index (κ2) is 8.10. The summed E-state index contributed by atoms with van der Waals surface area (Å²) < 4.78 is 10.2. The van der Waals surface area contributed by atoms with Crippen molar-refractivity contribution < 1.29 is 29.6 Å². The number of nitro benzene ring substituents is 1. The molecule has 0 bridgehead atoms. The summed E-state index contributed by atoms with van der Waals surface area (Å²) in [7, 11) is 2.90. The van der Waals surface area contributed by atoms with Crippen molar-refractivity contribution in [1.82, 2.24) is 0 Å². The minimum atomic E-state index is -0.689. The molecule has 0 amide bonds. The quantitative estimate of drug-likeness (QED) is 0.334. The average Bonchev–Trinajstić information content (AvgIpc) is 2.65. The zero-order valence-corrected chi connectivity index (χ0v) is 13.9. The molecule has 2 rings (SSSR count). The second-order valence-corrected chi connectivity index (χ2v) is 5.05. The van der Waals surface area contributed by atoms with Crippen molar-refractivity contribution in [3.63, 3.8) is 0 Å². The number of anilines is 1. The number of nitro groups is 1. The van der Waals surface area contributed by atoms with Gasteiger partial charge in [-0.25, -0.2) is 0 Å². The van der Waals surface area contributed by atoms with Crippen LogP contribution in [0.1, 0.15) is 15.9 Å². The molecule has 0 heterocycles. The molecule has 0 fully saturated rings. The maximum absolute atomic E-state index is 12.4. The number of ether oxygens (including phenoxy) is 2. The van der Waals surface area contributed by atoms with Gasteiger partial charge in [-0.15, -0.1) is 5.23 Å². The molecule has 0 saturated heterocycles. The molecule has 0 aliphatic rings. The van der Waals surface area contributed by atoms with Crippen LogP contribution < -0.4 is 14.7 Å². The number of rotatable bonds is 7. The van der Waals surface area contributed by atoms with Gasteiger partial charge < -0.3 is 9.47 Å². The third kappa shape index (κ3) is 4.15. The molecule has 9 nitrogen and oxygen atoms in total. The van der Waals surface area contributed by atoms with Gasteiger partial charge in [0.25, 0.3) is 5.69 Å². The van der Waals surface area contributed by atoms with Crippen LogP contribution in [0.3, 0.4) is 0 Å². The fraction of sp³-hybridized carbons (Fsp3) is 0.118. The Morgan fingerprint density at radius 2 is 1.88 bits per heavy atom. The number of methoxy groups -OCH3 is 2. The first kappa shape index (κ1) is 18.9. The van der Waals surface area contributed by atoms with Crippen molar-refractivity contribution in [1.29, 1.82) is 0 Å². The van der Waals surface area contributed by atoms with Crippen molar-refractivity contribution in [2.75, 3.05) is 19.4 Å². The maximum atomic E-state index is 12.4. The van der Waals surface area contributed by atoms with E-state index in [0.29, 0.717) is 11.5 Å². The molecule has 136 valence electrons. The van der Waals surface area contributed by atoms with E-state index in [4.69, 9.17) is 19.9 Å². The van der Waals surface area contributed by atoms with Crippen molar-refractivity contribution >= 4 is 23.2 Å². The molecule has 2 aromatic carbocycles. The van der Waals surface area contributed by atoms with E-state index in [2.05, 4.69) is 0 Å². The molecule has 9 heteroatoms. The number of hydrogen-bond acceptors (Lipinski definition) is 8. The van der Waals surface area contributed by atoms with Gasteiger partial charge >= 0.3 is 0 Å². The first-order valence-corrected chi connectivity index (χ1v) is 7.28. The summed E-state index contributed by atoms with van der Waals surface area (Å²) in [5.74, 6) is 0.403. The van der Waals surface area contributed by atoms with Gasteiger partial charge in [0.2, 0.25) is 0 Å². The van der Waals surface area contributed by atoms with Gasteiger partial charge in [-0.05, 0) is 36.4 Å². The van der Waals surface area contributed by atoms with Gasteiger partial charge in [-0.2, -0.15) is 0 Å². The van der Waals surface area contributed by atoms with E-state index in [0.717, 1.165) is 6.07 Å². The van der Waals surface area contributed by atoms with Crippen LogP contribution in [0.15, 0.2) is 42.5 Å². The van der Waals surface area contributed by atoms with Gasteiger partial charge in [0.15, 0.2) is 5.78 Å². The van der Waals surface area contributed by atoms with Crippen LogP contribution in [-0.2, 0) is 0 Å². The third-order valence-electron chi connectivity index (χ3n) is 3.53. The SMILES string of the molecule is COc1ccc(C(=O)/C=C/c2ccc(N(O)O)cc2[N+](=O)[O-])c(OC)c1. The van der Waals surface area contributed by atoms with Crippen LogP contribution >= 0.6 is 0 Å². The van der Waals surface area contributed by atoms with E-state index in [1.165, 1.54) is 44.6 Å². The Morgan fingerprint density at radius 3 is 2.46 bits per heavy atom. The van der Waals surface area contributed by atoms with Gasteiger partial charge in [0.1, 0.15) is 17.2 Å². The van der Waals surface area contributed by atoms with Gasteiger partial charge in [-0.3, -0.25) is 25.3 Å². The molecule has 0 atom stereocenters. The largest absolute Gasteiger partial charge is 0.497 e. The minimum absolute atomic E-state index is 0.126. The number of carbonyl (C=O) groups excluding carboxylic acids is 1. The van der Waals surface area contributed by atoms with E-state index in [-0.39, 0.29) is 27.7 Å². The normalized spacial score (nSPS) is 10.6. The molecule has 2 aromatic rings. The van der Waals surface area contributed by atoms with Crippen molar-refractivity contribution in [2.45, 2.75) is 0 Å². The zero-order chi connectivity index (χ0) is 19.3. The highest BCUT2D eigenvalue weighted by Gasteiger charge is 2.16. The third-order valence-corrected chi connectivity index (χ3v) is 3.53. The van der Waals surface area contributed by atoms with Crippen molar-refractivity contribution in [3.05, 3.63) is 63.7 Å². The number of nitrogens with zero attached hydrogens (tertiary/aromatic N) is 2. The van der Waals surface area contributed by atoms with E-state index < -0.39 is 10.7 Å². The van der Waals surface area contributed by atoms with E-state index in [1.54, 1.807) is 12.1 Å². The molecule has 0 saturated carbocycles. The highest BCUT2D eigenvalue weighted by molar-refractivity contribution is 6.09. The van der Waals surface area contributed by atoms with Gasteiger partial charge in [0, 0.05) is 12.1 Å². The Labute approximate surface area is 148 Å². The summed E-state index contributed by atoms with van der Waals surface area (Å²) in [5, 5.41) is 28.8. The Morgan fingerprint density at radius 1 is 1.15 bits per heavy atom. The molecular weight excluding hydrogens is 344 g/mol. The average molecular weight is 360 g/mol. The van der Waals surface area contributed by atoms with Gasteiger partial charge in [-0.1, -0.05) is 0 Å². The molecule has 2 N–H and O–H groups in total. The van der Waals surface area contributed by atoms with Crippen molar-refractivity contribution in [3.8, 4) is 11.5 Å². The van der Waals surface area contributed by atoms with E-state index >= 15 is 0 Å². The highest BCUT2D eigenvalue weighted by Crippen LogP contribution is 2.28. The first-order valence-electron chi connectivity index (χ1n) is 7.28. The Bertz CT molecular complexity index is 862. The Balaban J connectivity index is 2.35. The summed E-state index contributed by atoms with van der Waals surface area (Å²) in [5.41, 5.74) is -0.180. The Hall–Kier alpha value is -3.43. The van der Waals surface area contributed by atoms with Crippen molar-refractivity contribution in [2.24, 2.45) is 0 Å². The Kier molecular flexibility index (Phi) is 5.89. The zero-order valence-electron chi connectivity index (χ0n) is 13.9. The number of benzene rings is 2. The highest BCUT2D eigenvalue weighted by atomic mass is 16.8. The minimum Gasteiger partial charge on any atom is -0.497 e. The topological polar surface area (TPSA) is 122 Å². The number of hydrogen-bond donors (Lipinski definition) is 2. The van der Waals surface area contributed by atoms with Crippen LogP contribution in [0.25, 0.3) is 6.08 Å². The molecule has 26 heavy (non-hydrogen) atoms. The molecule has 0 aromatic heterocycles. The maximum Gasteiger partial charge on any atom is 0.278 e. The fourth-order valence-electron chi connectivity index (χ4n) is 2.21. The number of allylic oxidation sites excluding steroid dienone is 1. The molecule has 0 spiro atoms. The van der Waals surface area contributed by atoms with Crippen LogP contribution in [0.2, 0.25) is 0 Å². The predicted molar refractivity (Wildman–Crippen MR) is 92.1 cm³/mol. The second-order valence-electron chi connectivity index (χ2n) is 5.05. The monoisotopic (exact) mass is 360 g/mol. The molecule has 0 aliphatic heterocycles.